The first-order valence-corrected chi connectivity index (χ1v) is 9.16. The Balaban J connectivity index is 1.64. The second-order valence-corrected chi connectivity index (χ2v) is 7.74. The third-order valence-electron chi connectivity index (χ3n) is 5.17. The van der Waals surface area contributed by atoms with Gasteiger partial charge in [-0.1, -0.05) is 4.49 Å². The third kappa shape index (κ3) is 3.89. The number of aryl methyl sites for hydroxylation is 1. The Bertz CT molecular complexity index is 550. The maximum absolute atomic E-state index is 12.2. The Kier molecular flexibility index (Phi) is 5.28. The summed E-state index contributed by atoms with van der Waals surface area (Å²) in [6, 6.07) is 0. The average molecular weight is 338 g/mol. The lowest BCUT2D eigenvalue weighted by Gasteiger charge is -2.48. The molecule has 6 nitrogen and oxygen atoms in total. The molecule has 0 N–H and O–H groups in total. The molecule has 1 atom stereocenters. The lowest BCUT2D eigenvalue weighted by atomic mass is 9.73. The zero-order valence-corrected chi connectivity index (χ0v) is 14.9. The summed E-state index contributed by atoms with van der Waals surface area (Å²) in [4.78, 5) is 18.0. The fraction of sp³-hybridized carbons (Fsp3) is 0.812. The van der Waals surface area contributed by atoms with Crippen LogP contribution in [0.15, 0.2) is 0 Å². The van der Waals surface area contributed by atoms with Crippen molar-refractivity contribution >= 4 is 17.4 Å². The minimum atomic E-state index is 0.256. The van der Waals surface area contributed by atoms with E-state index in [-0.39, 0.29) is 11.3 Å². The van der Waals surface area contributed by atoms with Crippen LogP contribution < -0.4 is 0 Å². The molecule has 0 aromatic carbocycles. The van der Waals surface area contributed by atoms with E-state index >= 15 is 0 Å². The molecule has 2 aliphatic rings. The standard InChI is InChI=1S/C16H26N4O2S/c1-13-14(23-18-17-13)10-19-7-3-5-16(11-19)6-4-15(21)20(12-16)8-9-22-2/h3-12H2,1-2H3/t16-/m1/s1. The molecule has 2 fully saturated rings. The summed E-state index contributed by atoms with van der Waals surface area (Å²) in [6.07, 6.45) is 4.13. The average Bonchev–Trinajstić information content (AvgIpc) is 2.94. The van der Waals surface area contributed by atoms with Crippen molar-refractivity contribution in [2.24, 2.45) is 5.41 Å². The fourth-order valence-electron chi connectivity index (χ4n) is 3.88. The Morgan fingerprint density at radius 1 is 1.35 bits per heavy atom. The highest BCUT2D eigenvalue weighted by atomic mass is 32.1. The first kappa shape index (κ1) is 16.8. The molecular weight excluding hydrogens is 312 g/mol. The highest BCUT2D eigenvalue weighted by Crippen LogP contribution is 2.39. The van der Waals surface area contributed by atoms with E-state index in [4.69, 9.17) is 4.74 Å². The summed E-state index contributed by atoms with van der Waals surface area (Å²) in [5.74, 6) is 0.285. The topological polar surface area (TPSA) is 58.6 Å². The second kappa shape index (κ2) is 7.23. The third-order valence-corrected chi connectivity index (χ3v) is 5.97. The maximum Gasteiger partial charge on any atom is 0.222 e. The van der Waals surface area contributed by atoms with Gasteiger partial charge >= 0.3 is 0 Å². The Morgan fingerprint density at radius 2 is 2.22 bits per heavy atom. The van der Waals surface area contributed by atoms with Gasteiger partial charge in [0.15, 0.2) is 0 Å². The van der Waals surface area contributed by atoms with E-state index in [1.807, 2.05) is 11.8 Å². The molecule has 7 heteroatoms. The molecule has 1 aromatic rings. The van der Waals surface area contributed by atoms with E-state index in [9.17, 15) is 4.79 Å². The lowest BCUT2D eigenvalue weighted by molar-refractivity contribution is -0.140. The smallest absolute Gasteiger partial charge is 0.222 e. The number of hydrogen-bond donors (Lipinski definition) is 0. The van der Waals surface area contributed by atoms with Crippen molar-refractivity contribution in [1.82, 2.24) is 19.4 Å². The summed E-state index contributed by atoms with van der Waals surface area (Å²) in [5.41, 5.74) is 1.31. The first-order chi connectivity index (χ1) is 11.1. The number of hydrogen-bond acceptors (Lipinski definition) is 6. The molecule has 1 amide bonds. The molecule has 1 aromatic heterocycles. The van der Waals surface area contributed by atoms with E-state index in [1.54, 1.807) is 7.11 Å². The molecule has 0 unspecified atom stereocenters. The molecular formula is C16H26N4O2S. The van der Waals surface area contributed by atoms with Crippen LogP contribution in [0.5, 0.6) is 0 Å². The quantitative estimate of drug-likeness (QED) is 0.818. The number of carbonyl (C=O) groups is 1. The van der Waals surface area contributed by atoms with E-state index in [0.717, 1.165) is 44.8 Å². The van der Waals surface area contributed by atoms with Crippen LogP contribution in [-0.2, 0) is 16.1 Å². The zero-order valence-electron chi connectivity index (χ0n) is 14.1. The van der Waals surface area contributed by atoms with Crippen molar-refractivity contribution < 1.29 is 9.53 Å². The van der Waals surface area contributed by atoms with E-state index in [2.05, 4.69) is 14.5 Å². The van der Waals surface area contributed by atoms with Gasteiger partial charge in [-0.05, 0) is 44.3 Å². The molecule has 0 bridgehead atoms. The van der Waals surface area contributed by atoms with Crippen molar-refractivity contribution in [3.8, 4) is 0 Å². The maximum atomic E-state index is 12.2. The fourth-order valence-corrected chi connectivity index (χ4v) is 4.56. The van der Waals surface area contributed by atoms with Crippen LogP contribution in [0, 0.1) is 12.3 Å². The van der Waals surface area contributed by atoms with Gasteiger partial charge in [-0.25, -0.2) is 0 Å². The van der Waals surface area contributed by atoms with Crippen molar-refractivity contribution in [3.05, 3.63) is 10.6 Å². The van der Waals surface area contributed by atoms with Crippen LogP contribution in [0.4, 0.5) is 0 Å². The highest BCUT2D eigenvalue weighted by molar-refractivity contribution is 7.05. The molecule has 2 saturated heterocycles. The van der Waals surface area contributed by atoms with Gasteiger partial charge in [0.05, 0.1) is 17.2 Å². The summed E-state index contributed by atoms with van der Waals surface area (Å²) in [6.45, 7) is 7.39. The number of ether oxygens (including phenoxy) is 1. The number of nitrogens with zero attached hydrogens (tertiary/aromatic N) is 4. The normalized spacial score (nSPS) is 26.2. The van der Waals surface area contributed by atoms with Crippen molar-refractivity contribution in [3.63, 3.8) is 0 Å². The summed E-state index contributed by atoms with van der Waals surface area (Å²) in [7, 11) is 1.69. The predicted octanol–water partition coefficient (Wildman–Crippen LogP) is 1.70. The van der Waals surface area contributed by atoms with Gasteiger partial charge in [-0.2, -0.15) is 0 Å². The number of carbonyl (C=O) groups excluding carboxylic acids is 1. The van der Waals surface area contributed by atoms with Gasteiger partial charge in [-0.3, -0.25) is 9.69 Å². The number of likely N-dealkylation sites (tertiary alicyclic amines) is 2. The molecule has 0 aliphatic carbocycles. The number of amides is 1. The molecule has 128 valence electrons. The molecule has 0 saturated carbocycles. The van der Waals surface area contributed by atoms with Crippen LogP contribution in [-0.4, -0.2) is 65.2 Å². The number of piperidine rings is 2. The molecule has 0 radical (unpaired) electrons. The van der Waals surface area contributed by atoms with Gasteiger partial charge in [0.1, 0.15) is 0 Å². The number of rotatable bonds is 5. The second-order valence-electron chi connectivity index (χ2n) is 6.90. The van der Waals surface area contributed by atoms with Gasteiger partial charge in [0.25, 0.3) is 0 Å². The van der Waals surface area contributed by atoms with Gasteiger partial charge in [0.2, 0.25) is 5.91 Å². The Labute approximate surface area is 142 Å². The Morgan fingerprint density at radius 3 is 2.96 bits per heavy atom. The summed E-state index contributed by atoms with van der Waals surface area (Å²) < 4.78 is 9.20. The highest BCUT2D eigenvalue weighted by Gasteiger charge is 2.41. The van der Waals surface area contributed by atoms with Crippen LogP contribution in [0.2, 0.25) is 0 Å². The summed E-state index contributed by atoms with van der Waals surface area (Å²) in [5, 5.41) is 4.12. The molecule has 2 aliphatic heterocycles. The summed E-state index contributed by atoms with van der Waals surface area (Å²) >= 11 is 1.51. The van der Waals surface area contributed by atoms with Crippen LogP contribution >= 0.6 is 11.5 Å². The van der Waals surface area contributed by atoms with Crippen molar-refractivity contribution in [2.75, 3.05) is 39.9 Å². The van der Waals surface area contributed by atoms with Gasteiger partial charge in [0, 0.05) is 45.1 Å². The number of aromatic nitrogens is 2. The van der Waals surface area contributed by atoms with Gasteiger partial charge < -0.3 is 9.64 Å². The lowest BCUT2D eigenvalue weighted by Crippen LogP contribution is -2.54. The van der Waals surface area contributed by atoms with Crippen molar-refractivity contribution in [1.29, 1.82) is 0 Å². The van der Waals surface area contributed by atoms with Crippen LogP contribution in [0.25, 0.3) is 0 Å². The SMILES string of the molecule is COCCN1C[C@]2(CCCN(Cc3snnc3C)C2)CCC1=O. The van der Waals surface area contributed by atoms with Gasteiger partial charge in [-0.15, -0.1) is 5.10 Å². The van der Waals surface area contributed by atoms with Crippen molar-refractivity contribution in [2.45, 2.75) is 39.2 Å². The largest absolute Gasteiger partial charge is 0.383 e. The monoisotopic (exact) mass is 338 g/mol. The molecule has 3 heterocycles. The van der Waals surface area contributed by atoms with Crippen LogP contribution in [0.3, 0.4) is 0 Å². The number of methoxy groups -OCH3 is 1. The molecule has 23 heavy (non-hydrogen) atoms. The minimum absolute atomic E-state index is 0.256. The van der Waals surface area contributed by atoms with E-state index in [1.165, 1.54) is 29.3 Å². The zero-order chi connectivity index (χ0) is 16.3. The predicted molar refractivity (Wildman–Crippen MR) is 89.3 cm³/mol. The molecule has 1 spiro atoms. The first-order valence-electron chi connectivity index (χ1n) is 8.39. The molecule has 3 rings (SSSR count). The van der Waals surface area contributed by atoms with E-state index < -0.39 is 0 Å². The van der Waals surface area contributed by atoms with E-state index in [0.29, 0.717) is 13.0 Å². The minimum Gasteiger partial charge on any atom is -0.383 e. The Hall–Kier alpha value is -1.05. The van der Waals surface area contributed by atoms with Crippen LogP contribution in [0.1, 0.15) is 36.3 Å².